The number of halogens is 19. The van der Waals surface area contributed by atoms with E-state index >= 15 is 0 Å². The molecule has 0 saturated heterocycles. The van der Waals surface area contributed by atoms with Crippen LogP contribution >= 0.6 is 0 Å². The van der Waals surface area contributed by atoms with Crippen LogP contribution in [0.1, 0.15) is 13.8 Å². The number of rotatable bonds is 13. The highest BCUT2D eigenvalue weighted by Crippen LogP contribution is 2.65. The topological polar surface area (TPSA) is 63.7 Å². The normalized spacial score (nSPS) is 15.9. The molecule has 0 aliphatic carbocycles. The predicted molar refractivity (Wildman–Crippen MR) is 88.4 cm³/mol. The number of nitrogens with zero attached hydrogens (tertiary/aromatic N) is 1. The van der Waals surface area contributed by atoms with Gasteiger partial charge in [0.2, 0.25) is 0 Å². The zero-order valence-corrected chi connectivity index (χ0v) is 19.6. The minimum Gasteiger partial charge on any atom is -0.465 e. The smallest absolute Gasteiger partial charge is 0.460 e. The molecule has 0 aliphatic heterocycles. The van der Waals surface area contributed by atoms with Gasteiger partial charge in [-0.05, 0) is 6.92 Å². The molecule has 0 rings (SSSR count). The van der Waals surface area contributed by atoms with Gasteiger partial charge in [-0.25, -0.2) is 8.42 Å². The zero-order valence-electron chi connectivity index (χ0n) is 18.8. The monoisotopic (exact) mass is 663 g/mol. The molecular formula is C15H12F19NO4S. The summed E-state index contributed by atoms with van der Waals surface area (Å²) >= 11 is 0. The summed E-state index contributed by atoms with van der Waals surface area (Å²) in [6.07, 6.45) is -8.01. The highest BCUT2D eigenvalue weighted by molar-refractivity contribution is 7.90. The molecule has 0 aromatic heterocycles. The Balaban J connectivity index is 7.12. The third-order valence-corrected chi connectivity index (χ3v) is 6.69. The van der Waals surface area contributed by atoms with Gasteiger partial charge in [-0.3, -0.25) is 4.79 Å². The predicted octanol–water partition coefficient (Wildman–Crippen LogP) is 5.80. The van der Waals surface area contributed by atoms with Gasteiger partial charge >= 0.3 is 58.9 Å². The molecule has 40 heavy (non-hydrogen) atoms. The molecule has 0 amide bonds. The zero-order chi connectivity index (χ0) is 33.0. The lowest BCUT2D eigenvalue weighted by Gasteiger charge is -2.43. The number of esters is 1. The summed E-state index contributed by atoms with van der Waals surface area (Å²) in [7, 11) is -7.63. The Labute approximate surface area is 209 Å². The summed E-state index contributed by atoms with van der Waals surface area (Å²) < 4.78 is 280. The molecule has 0 N–H and O–H groups in total. The van der Waals surface area contributed by atoms with Gasteiger partial charge in [0.25, 0.3) is 10.0 Å². The maximum absolute atomic E-state index is 14.1. The Bertz CT molecular complexity index is 1040. The summed E-state index contributed by atoms with van der Waals surface area (Å²) in [6.45, 7) is -2.96. The van der Waals surface area contributed by atoms with Crippen molar-refractivity contribution in [3.8, 4) is 0 Å². The molecule has 0 spiro atoms. The summed E-state index contributed by atoms with van der Waals surface area (Å²) in [6, 6.07) is 0. The van der Waals surface area contributed by atoms with E-state index in [4.69, 9.17) is 0 Å². The third kappa shape index (κ3) is 5.01. The van der Waals surface area contributed by atoms with E-state index in [1.165, 1.54) is 0 Å². The fraction of sp³-hybridized carbons (Fsp3) is 0.933. The van der Waals surface area contributed by atoms with Crippen LogP contribution in [-0.4, -0.2) is 91.3 Å². The average molecular weight is 663 g/mol. The maximum atomic E-state index is 14.1. The number of alkyl halides is 19. The molecule has 0 atom stereocenters. The molecule has 0 saturated carbocycles. The Kier molecular flexibility index (Phi) is 9.89. The van der Waals surface area contributed by atoms with E-state index in [2.05, 4.69) is 4.74 Å². The van der Waals surface area contributed by atoms with Crippen molar-refractivity contribution < 1.29 is 101 Å². The molecule has 240 valence electrons. The third-order valence-electron chi connectivity index (χ3n) is 4.71. The highest BCUT2D eigenvalue weighted by atomic mass is 32.2. The number of likely N-dealkylation sites (N-methyl/N-ethyl adjacent to an activating group) is 1. The van der Waals surface area contributed by atoms with Crippen molar-refractivity contribution in [2.24, 2.45) is 0 Å². The van der Waals surface area contributed by atoms with E-state index in [1.807, 2.05) is 0 Å². The van der Waals surface area contributed by atoms with Crippen LogP contribution < -0.4 is 0 Å². The standard InChI is InChI=1S/C15H12F19NO4S/c1-3-35(5-6(36)39-4-2)40(37,38)15(33,34)13(28,29)11(24,25)9(20,21)7(16,17)8(18,19)10(22,23)12(26,27)14(30,31)32/h3-5H2,1-2H3. The van der Waals surface area contributed by atoms with E-state index in [0.29, 0.717) is 6.92 Å². The lowest BCUT2D eigenvalue weighted by molar-refractivity contribution is -0.466. The van der Waals surface area contributed by atoms with Crippen molar-refractivity contribution >= 4 is 16.0 Å². The maximum Gasteiger partial charge on any atom is 0.460 e. The molecule has 0 unspecified atom stereocenters. The number of sulfonamides is 1. The van der Waals surface area contributed by atoms with Gasteiger partial charge in [0, 0.05) is 6.54 Å². The summed E-state index contributed by atoms with van der Waals surface area (Å²) in [5, 5.41) is -7.83. The summed E-state index contributed by atoms with van der Waals surface area (Å²) in [5.74, 6) is -64.2. The number of carbonyl (C=O) groups excluding carboxylic acids is 1. The van der Waals surface area contributed by atoms with Crippen LogP contribution in [0.5, 0.6) is 0 Å². The summed E-state index contributed by atoms with van der Waals surface area (Å²) in [4.78, 5) is 11.3. The molecule has 25 heteroatoms. The number of hydrogen-bond donors (Lipinski definition) is 0. The van der Waals surface area contributed by atoms with Gasteiger partial charge in [-0.1, -0.05) is 6.92 Å². The van der Waals surface area contributed by atoms with Crippen LogP contribution in [0.15, 0.2) is 0 Å². The van der Waals surface area contributed by atoms with E-state index in [-0.39, 0.29) is 0 Å². The van der Waals surface area contributed by atoms with Crippen molar-refractivity contribution in [3.05, 3.63) is 0 Å². The first-order valence-electron chi connectivity index (χ1n) is 9.41. The first-order chi connectivity index (χ1) is 17.2. The minimum atomic E-state index is -9.18. The fourth-order valence-corrected chi connectivity index (χ4v) is 3.78. The van der Waals surface area contributed by atoms with Crippen LogP contribution in [0.2, 0.25) is 0 Å². The molecule has 0 fully saturated rings. The van der Waals surface area contributed by atoms with E-state index < -0.39 is 92.9 Å². The highest BCUT2D eigenvalue weighted by Gasteiger charge is 2.97. The van der Waals surface area contributed by atoms with Gasteiger partial charge in [0.05, 0.1) is 6.61 Å². The Hall–Kier alpha value is -1.95. The Morgan fingerprint density at radius 2 is 0.875 bits per heavy atom. The molecule has 5 nitrogen and oxygen atoms in total. The van der Waals surface area contributed by atoms with E-state index in [0.717, 1.165) is 6.92 Å². The van der Waals surface area contributed by atoms with Gasteiger partial charge in [-0.15, -0.1) is 0 Å². The molecule has 0 aromatic carbocycles. The first kappa shape index (κ1) is 38.0. The molecule has 0 heterocycles. The van der Waals surface area contributed by atoms with Crippen molar-refractivity contribution in [2.75, 3.05) is 19.7 Å². The van der Waals surface area contributed by atoms with Gasteiger partial charge in [0.1, 0.15) is 6.54 Å². The second-order valence-corrected chi connectivity index (χ2v) is 9.25. The van der Waals surface area contributed by atoms with Gasteiger partial charge in [-0.2, -0.15) is 87.7 Å². The fourth-order valence-electron chi connectivity index (χ4n) is 2.39. The van der Waals surface area contributed by atoms with Crippen molar-refractivity contribution in [2.45, 2.75) is 66.7 Å². The van der Waals surface area contributed by atoms with Crippen LogP contribution in [-0.2, 0) is 19.6 Å². The molecule has 0 radical (unpaired) electrons. The van der Waals surface area contributed by atoms with Gasteiger partial charge in [0.15, 0.2) is 0 Å². The SMILES string of the molecule is CCOC(=O)CN(CC)S(=O)(=O)C(F)(F)C(F)(F)C(F)(F)C(F)(F)C(F)(F)C(F)(F)C(F)(F)C(F)(F)C(F)(F)F. The number of ether oxygens (including phenoxy) is 1. The van der Waals surface area contributed by atoms with Gasteiger partial charge < -0.3 is 4.74 Å². The van der Waals surface area contributed by atoms with Crippen LogP contribution in [0.3, 0.4) is 0 Å². The van der Waals surface area contributed by atoms with E-state index in [9.17, 15) is 96.6 Å². The second kappa shape index (κ2) is 10.4. The molecule has 0 aromatic rings. The van der Waals surface area contributed by atoms with Crippen LogP contribution in [0, 0.1) is 0 Å². The number of carbonyl (C=O) groups is 1. The first-order valence-corrected chi connectivity index (χ1v) is 10.8. The van der Waals surface area contributed by atoms with Crippen molar-refractivity contribution in [1.82, 2.24) is 4.31 Å². The van der Waals surface area contributed by atoms with Crippen molar-refractivity contribution in [3.63, 3.8) is 0 Å². The Morgan fingerprint density at radius 1 is 0.575 bits per heavy atom. The molecule has 0 bridgehead atoms. The molecular weight excluding hydrogens is 651 g/mol. The number of hydrogen-bond acceptors (Lipinski definition) is 4. The second-order valence-electron chi connectivity index (χ2n) is 7.27. The largest absolute Gasteiger partial charge is 0.465 e. The van der Waals surface area contributed by atoms with Crippen LogP contribution in [0.4, 0.5) is 83.4 Å². The van der Waals surface area contributed by atoms with E-state index in [1.54, 1.807) is 0 Å². The Morgan fingerprint density at radius 3 is 1.15 bits per heavy atom. The minimum absolute atomic E-state index is 0.398. The lowest BCUT2D eigenvalue weighted by Crippen LogP contribution is -2.76. The lowest BCUT2D eigenvalue weighted by atomic mass is 9.89. The molecule has 0 aliphatic rings. The van der Waals surface area contributed by atoms with Crippen molar-refractivity contribution in [1.29, 1.82) is 0 Å². The summed E-state index contributed by atoms with van der Waals surface area (Å²) in [5.41, 5.74) is 0. The average Bonchev–Trinajstić information content (AvgIpc) is 2.75. The quantitative estimate of drug-likeness (QED) is 0.185. The van der Waals surface area contributed by atoms with Crippen LogP contribution in [0.25, 0.3) is 0 Å².